The summed E-state index contributed by atoms with van der Waals surface area (Å²) < 4.78 is 4.89. The van der Waals surface area contributed by atoms with Gasteiger partial charge in [0.1, 0.15) is 0 Å². The third kappa shape index (κ3) is 6.12. The molecule has 12 aromatic rings. The smallest absolute Gasteiger partial charge is 0.0541 e. The Morgan fingerprint density at radius 1 is 0.177 bits per heavy atom. The molecule has 0 bridgehead atoms. The van der Waals surface area contributed by atoms with E-state index in [0.717, 1.165) is 22.5 Å². The van der Waals surface area contributed by atoms with Crippen LogP contribution >= 0.6 is 0 Å². The predicted octanol–water partition coefficient (Wildman–Crippen LogP) is 16.2. The van der Waals surface area contributed by atoms with Gasteiger partial charge in [-0.25, -0.2) is 0 Å². The number of rotatable bonds is 7. The molecule has 0 spiro atoms. The van der Waals surface area contributed by atoms with Crippen LogP contribution in [0.5, 0.6) is 0 Å². The minimum Gasteiger partial charge on any atom is -0.309 e. The molecule has 2 nitrogen and oxygen atoms in total. The van der Waals surface area contributed by atoms with Crippen molar-refractivity contribution in [1.29, 1.82) is 0 Å². The lowest BCUT2D eigenvalue weighted by molar-refractivity contribution is 1.13. The van der Waals surface area contributed by atoms with E-state index in [2.05, 4.69) is 252 Å². The molecule has 10 aromatic carbocycles. The van der Waals surface area contributed by atoms with E-state index in [4.69, 9.17) is 0 Å². The maximum atomic E-state index is 2.45. The molecular formula is C60H40N2. The van der Waals surface area contributed by atoms with E-state index in [-0.39, 0.29) is 0 Å². The summed E-state index contributed by atoms with van der Waals surface area (Å²) in [4.78, 5) is 0. The highest BCUT2D eigenvalue weighted by Crippen LogP contribution is 2.40. The number of para-hydroxylation sites is 4. The summed E-state index contributed by atoms with van der Waals surface area (Å²) in [7, 11) is 0. The van der Waals surface area contributed by atoms with Gasteiger partial charge in [-0.1, -0.05) is 170 Å². The molecule has 0 N–H and O–H groups in total. The Kier molecular flexibility index (Phi) is 8.53. The number of hydrogen-bond donors (Lipinski definition) is 0. The van der Waals surface area contributed by atoms with Gasteiger partial charge >= 0.3 is 0 Å². The standard InChI is InChI=1S/C60H40N2/c1-3-17-41(18-4-1)43-21-15-23-45(33-43)47-35-48(46-24-16-22-44(34-46)42-19-5-2-6-20-42)37-49(36-47)50-38-51(61-57-29-11-7-25-53(57)54-26-8-12-30-58(54)61)40-52(39-50)62-59-31-13-9-27-55(59)56-28-10-14-32-60(56)62/h1-40H. The van der Waals surface area contributed by atoms with Crippen molar-refractivity contribution < 1.29 is 0 Å². The van der Waals surface area contributed by atoms with E-state index >= 15 is 0 Å². The Morgan fingerprint density at radius 2 is 0.435 bits per heavy atom. The van der Waals surface area contributed by atoms with E-state index in [0.29, 0.717) is 0 Å². The highest BCUT2D eigenvalue weighted by Gasteiger charge is 2.18. The summed E-state index contributed by atoms with van der Waals surface area (Å²) in [5, 5.41) is 4.97. The lowest BCUT2D eigenvalue weighted by atomic mass is 9.91. The molecule has 0 aliphatic carbocycles. The first kappa shape index (κ1) is 35.7. The quantitative estimate of drug-likeness (QED) is 0.152. The van der Waals surface area contributed by atoms with Crippen LogP contribution in [0.4, 0.5) is 0 Å². The number of nitrogens with zero attached hydrogens (tertiary/aromatic N) is 2. The van der Waals surface area contributed by atoms with E-state index in [1.807, 2.05) is 0 Å². The summed E-state index contributed by atoms with van der Waals surface area (Å²) in [6.45, 7) is 0. The van der Waals surface area contributed by atoms with Gasteiger partial charge in [0.25, 0.3) is 0 Å². The van der Waals surface area contributed by atoms with Gasteiger partial charge in [-0.15, -0.1) is 0 Å². The van der Waals surface area contributed by atoms with Crippen molar-refractivity contribution in [2.45, 2.75) is 0 Å². The number of benzene rings is 10. The van der Waals surface area contributed by atoms with Gasteiger partial charge in [0.2, 0.25) is 0 Å². The van der Waals surface area contributed by atoms with E-state index in [1.165, 1.54) is 88.1 Å². The minimum absolute atomic E-state index is 1.11. The van der Waals surface area contributed by atoms with E-state index in [9.17, 15) is 0 Å². The molecule has 2 heterocycles. The summed E-state index contributed by atoms with van der Waals surface area (Å²) in [6, 6.07) is 88.7. The summed E-state index contributed by atoms with van der Waals surface area (Å²) >= 11 is 0. The molecular weight excluding hydrogens is 749 g/mol. The molecule has 0 aliphatic rings. The van der Waals surface area contributed by atoms with Crippen molar-refractivity contribution in [2.75, 3.05) is 0 Å². The first-order valence-electron chi connectivity index (χ1n) is 21.3. The Hall–Kier alpha value is -8.20. The van der Waals surface area contributed by atoms with Crippen LogP contribution in [0.2, 0.25) is 0 Å². The fourth-order valence-corrected chi connectivity index (χ4v) is 9.57. The van der Waals surface area contributed by atoms with Gasteiger partial charge in [-0.2, -0.15) is 0 Å². The lowest BCUT2D eigenvalue weighted by Gasteiger charge is -2.17. The molecule has 2 aromatic heterocycles. The fraction of sp³-hybridized carbons (Fsp3) is 0. The van der Waals surface area contributed by atoms with Crippen molar-refractivity contribution in [3.05, 3.63) is 243 Å². The lowest BCUT2D eigenvalue weighted by Crippen LogP contribution is -2.00. The van der Waals surface area contributed by atoms with Crippen LogP contribution < -0.4 is 0 Å². The highest BCUT2D eigenvalue weighted by molar-refractivity contribution is 6.11. The largest absolute Gasteiger partial charge is 0.309 e. The molecule has 0 aliphatic heterocycles. The van der Waals surface area contributed by atoms with E-state index < -0.39 is 0 Å². The van der Waals surface area contributed by atoms with Gasteiger partial charge in [-0.3, -0.25) is 0 Å². The van der Waals surface area contributed by atoms with Crippen LogP contribution in [0.15, 0.2) is 243 Å². The molecule has 0 radical (unpaired) electrons. The molecule has 12 rings (SSSR count). The van der Waals surface area contributed by atoms with Crippen LogP contribution in [0.3, 0.4) is 0 Å². The monoisotopic (exact) mass is 788 g/mol. The fourth-order valence-electron chi connectivity index (χ4n) is 9.57. The van der Waals surface area contributed by atoms with Crippen LogP contribution in [0, 0.1) is 0 Å². The predicted molar refractivity (Wildman–Crippen MR) is 262 cm³/mol. The second kappa shape index (κ2) is 14.8. The van der Waals surface area contributed by atoms with Crippen molar-refractivity contribution in [3.8, 4) is 67.0 Å². The molecule has 0 fully saturated rings. The second-order valence-electron chi connectivity index (χ2n) is 16.2. The summed E-state index contributed by atoms with van der Waals surface area (Å²) in [5.41, 5.74) is 18.7. The third-order valence-electron chi connectivity index (χ3n) is 12.5. The SMILES string of the molecule is c1ccc(-c2cccc(-c3cc(-c4cccc(-c5ccccc5)c4)cc(-c4cc(-n5c6ccccc6c6ccccc65)cc(-n5c6ccccc6c6ccccc65)c4)c3)c2)cc1. The van der Waals surface area contributed by atoms with E-state index in [1.54, 1.807) is 0 Å². The number of fused-ring (bicyclic) bond motifs is 6. The van der Waals surface area contributed by atoms with Crippen molar-refractivity contribution in [3.63, 3.8) is 0 Å². The van der Waals surface area contributed by atoms with Crippen LogP contribution in [0.1, 0.15) is 0 Å². The van der Waals surface area contributed by atoms with Crippen molar-refractivity contribution in [2.24, 2.45) is 0 Å². The van der Waals surface area contributed by atoms with Crippen LogP contribution in [0.25, 0.3) is 111 Å². The topological polar surface area (TPSA) is 9.86 Å². The van der Waals surface area contributed by atoms with Crippen molar-refractivity contribution >= 4 is 43.6 Å². The van der Waals surface area contributed by atoms with Crippen LogP contribution in [-0.4, -0.2) is 9.13 Å². The van der Waals surface area contributed by atoms with Gasteiger partial charge in [0.15, 0.2) is 0 Å². The molecule has 0 unspecified atom stereocenters. The average molecular weight is 789 g/mol. The molecule has 290 valence electrons. The van der Waals surface area contributed by atoms with Crippen molar-refractivity contribution in [1.82, 2.24) is 9.13 Å². The Morgan fingerprint density at radius 3 is 0.806 bits per heavy atom. The number of aromatic nitrogens is 2. The molecule has 0 saturated carbocycles. The van der Waals surface area contributed by atoms with Gasteiger partial charge in [-0.05, 0) is 128 Å². The second-order valence-corrected chi connectivity index (χ2v) is 16.2. The number of hydrogen-bond acceptors (Lipinski definition) is 0. The Bertz CT molecular complexity index is 3290. The molecule has 0 amide bonds. The molecule has 0 atom stereocenters. The van der Waals surface area contributed by atoms with Gasteiger partial charge in [0.05, 0.1) is 22.1 Å². The molecule has 0 saturated heterocycles. The zero-order valence-electron chi connectivity index (χ0n) is 34.0. The molecule has 62 heavy (non-hydrogen) atoms. The van der Waals surface area contributed by atoms with Gasteiger partial charge in [0, 0.05) is 32.9 Å². The minimum atomic E-state index is 1.11. The Balaban J connectivity index is 1.14. The zero-order chi connectivity index (χ0) is 41.0. The first-order valence-corrected chi connectivity index (χ1v) is 21.3. The maximum Gasteiger partial charge on any atom is 0.0541 e. The molecule has 2 heteroatoms. The summed E-state index contributed by atoms with van der Waals surface area (Å²) in [6.07, 6.45) is 0. The third-order valence-corrected chi connectivity index (χ3v) is 12.5. The maximum absolute atomic E-state index is 2.45. The van der Waals surface area contributed by atoms with Crippen LogP contribution in [-0.2, 0) is 0 Å². The van der Waals surface area contributed by atoms with Gasteiger partial charge < -0.3 is 9.13 Å². The Labute approximate surface area is 360 Å². The average Bonchev–Trinajstić information content (AvgIpc) is 3.88. The highest BCUT2D eigenvalue weighted by atomic mass is 15.0. The zero-order valence-corrected chi connectivity index (χ0v) is 34.0. The first-order chi connectivity index (χ1) is 30.7. The summed E-state index contributed by atoms with van der Waals surface area (Å²) in [5.74, 6) is 0. The normalized spacial score (nSPS) is 11.5.